The number of rotatable bonds is 2. The summed E-state index contributed by atoms with van der Waals surface area (Å²) in [6.45, 7) is 1.85. The van der Waals surface area contributed by atoms with Gasteiger partial charge in [0.2, 0.25) is 5.76 Å². The zero-order chi connectivity index (χ0) is 11.0. The predicted molar refractivity (Wildman–Crippen MR) is 50.4 cm³/mol. The number of aryl methyl sites for hydroxylation is 2. The maximum Gasteiger partial charge on any atom is 0.374 e. The molecule has 0 spiro atoms. The van der Waals surface area contributed by atoms with Crippen LogP contribution in [0.5, 0.6) is 0 Å². The molecule has 2 aromatic rings. The molecular formula is C9H9N3O3. The first-order valence-electron chi connectivity index (χ1n) is 4.29. The molecule has 0 aliphatic carbocycles. The first kappa shape index (κ1) is 9.45. The number of carboxylic acids is 1. The quantitative estimate of drug-likeness (QED) is 0.796. The van der Waals surface area contributed by atoms with Crippen molar-refractivity contribution in [1.82, 2.24) is 14.9 Å². The Bertz CT molecular complexity index is 512. The smallest absolute Gasteiger partial charge is 0.374 e. The molecule has 0 radical (unpaired) electrons. The molecule has 0 amide bonds. The van der Waals surface area contributed by atoms with Gasteiger partial charge in [-0.05, 0) is 13.0 Å². The van der Waals surface area contributed by atoms with Crippen LogP contribution in [0.3, 0.4) is 0 Å². The minimum atomic E-state index is -1.13. The average Bonchev–Trinajstić information content (AvgIpc) is 2.71. The Morgan fingerprint density at radius 2 is 2.27 bits per heavy atom. The Kier molecular flexibility index (Phi) is 2.03. The van der Waals surface area contributed by atoms with Crippen molar-refractivity contribution in [3.63, 3.8) is 0 Å². The van der Waals surface area contributed by atoms with Gasteiger partial charge in [-0.1, -0.05) is 5.16 Å². The largest absolute Gasteiger partial charge is 0.475 e. The molecule has 0 unspecified atom stereocenters. The van der Waals surface area contributed by atoms with Crippen molar-refractivity contribution >= 4 is 5.97 Å². The Balaban J connectivity index is 2.45. The molecule has 0 aliphatic rings. The summed E-state index contributed by atoms with van der Waals surface area (Å²) in [6.07, 6.45) is 0. The van der Waals surface area contributed by atoms with Crippen molar-refractivity contribution in [2.75, 3.05) is 0 Å². The second kappa shape index (κ2) is 3.23. The maximum absolute atomic E-state index is 10.6. The molecule has 6 nitrogen and oxygen atoms in total. The molecule has 78 valence electrons. The van der Waals surface area contributed by atoms with E-state index in [1.54, 1.807) is 11.7 Å². The van der Waals surface area contributed by atoms with Gasteiger partial charge in [0.15, 0.2) is 0 Å². The van der Waals surface area contributed by atoms with E-state index in [2.05, 4.69) is 14.8 Å². The normalized spacial score (nSPS) is 10.5. The molecule has 0 aromatic carbocycles. The van der Waals surface area contributed by atoms with Crippen molar-refractivity contribution in [3.8, 4) is 11.4 Å². The van der Waals surface area contributed by atoms with E-state index >= 15 is 0 Å². The molecule has 0 saturated carbocycles. The Labute approximate surface area is 85.1 Å². The van der Waals surface area contributed by atoms with Gasteiger partial charge in [-0.25, -0.2) is 4.79 Å². The Morgan fingerprint density at radius 3 is 2.73 bits per heavy atom. The highest BCUT2D eigenvalue weighted by molar-refractivity contribution is 5.85. The molecule has 15 heavy (non-hydrogen) atoms. The van der Waals surface area contributed by atoms with Gasteiger partial charge in [0, 0.05) is 13.1 Å². The molecule has 0 fully saturated rings. The van der Waals surface area contributed by atoms with Crippen LogP contribution in [-0.2, 0) is 7.05 Å². The van der Waals surface area contributed by atoms with Gasteiger partial charge >= 0.3 is 5.97 Å². The molecule has 6 heteroatoms. The summed E-state index contributed by atoms with van der Waals surface area (Å²) in [5, 5.41) is 16.5. The van der Waals surface area contributed by atoms with Crippen LogP contribution in [0.1, 0.15) is 16.2 Å². The number of carboxylic acid groups (broad SMARTS) is 1. The molecule has 0 aliphatic heterocycles. The van der Waals surface area contributed by atoms with Crippen LogP contribution in [0, 0.1) is 6.92 Å². The van der Waals surface area contributed by atoms with Gasteiger partial charge in [0.05, 0.1) is 11.4 Å². The van der Waals surface area contributed by atoms with Gasteiger partial charge in [-0.15, -0.1) is 0 Å². The number of aromatic nitrogens is 3. The summed E-state index contributed by atoms with van der Waals surface area (Å²) in [5.74, 6) is -1.31. The second-order valence-electron chi connectivity index (χ2n) is 3.18. The number of hydrogen-bond acceptors (Lipinski definition) is 4. The molecule has 2 rings (SSSR count). The Morgan fingerprint density at radius 1 is 1.53 bits per heavy atom. The van der Waals surface area contributed by atoms with Crippen LogP contribution in [0.2, 0.25) is 0 Å². The predicted octanol–water partition coefficient (Wildman–Crippen LogP) is 1.08. The molecule has 0 saturated heterocycles. The summed E-state index contributed by atoms with van der Waals surface area (Å²) in [7, 11) is 1.76. The van der Waals surface area contributed by atoms with Crippen LogP contribution in [-0.4, -0.2) is 26.0 Å². The fourth-order valence-electron chi connectivity index (χ4n) is 1.35. The van der Waals surface area contributed by atoms with Crippen molar-refractivity contribution in [1.29, 1.82) is 0 Å². The van der Waals surface area contributed by atoms with Crippen molar-refractivity contribution < 1.29 is 14.4 Å². The standard InChI is InChI=1S/C9H9N3O3/c1-5-3-7(12(2)10-5)6-4-8(9(13)14)15-11-6/h3-4H,1-2H3,(H,13,14). The van der Waals surface area contributed by atoms with E-state index in [1.807, 2.05) is 13.0 Å². The third kappa shape index (κ3) is 1.61. The van der Waals surface area contributed by atoms with E-state index in [0.717, 1.165) is 11.4 Å². The highest BCUT2D eigenvalue weighted by Crippen LogP contribution is 2.19. The summed E-state index contributed by atoms with van der Waals surface area (Å²) < 4.78 is 6.28. The molecular weight excluding hydrogens is 198 g/mol. The topological polar surface area (TPSA) is 81.1 Å². The average molecular weight is 207 g/mol. The molecule has 2 aromatic heterocycles. The first-order valence-corrected chi connectivity index (χ1v) is 4.29. The van der Waals surface area contributed by atoms with Gasteiger partial charge in [0.25, 0.3) is 0 Å². The van der Waals surface area contributed by atoms with E-state index < -0.39 is 5.97 Å². The number of nitrogens with zero attached hydrogens (tertiary/aromatic N) is 3. The first-order chi connectivity index (χ1) is 7.08. The lowest BCUT2D eigenvalue weighted by atomic mass is 10.2. The summed E-state index contributed by atoms with van der Waals surface area (Å²) >= 11 is 0. The third-order valence-corrected chi connectivity index (χ3v) is 1.99. The van der Waals surface area contributed by atoms with Crippen molar-refractivity contribution in [2.24, 2.45) is 7.05 Å². The lowest BCUT2D eigenvalue weighted by molar-refractivity contribution is 0.0652. The van der Waals surface area contributed by atoms with Crippen LogP contribution in [0.4, 0.5) is 0 Å². The van der Waals surface area contributed by atoms with Crippen molar-refractivity contribution in [3.05, 3.63) is 23.6 Å². The van der Waals surface area contributed by atoms with Crippen LogP contribution in [0.25, 0.3) is 11.4 Å². The monoisotopic (exact) mass is 207 g/mol. The van der Waals surface area contributed by atoms with Crippen LogP contribution in [0.15, 0.2) is 16.7 Å². The number of hydrogen-bond donors (Lipinski definition) is 1. The number of carbonyl (C=O) groups is 1. The lowest BCUT2D eigenvalue weighted by Gasteiger charge is -1.93. The van der Waals surface area contributed by atoms with Crippen molar-refractivity contribution in [2.45, 2.75) is 6.92 Å². The highest BCUT2D eigenvalue weighted by atomic mass is 16.5. The second-order valence-corrected chi connectivity index (χ2v) is 3.18. The fourth-order valence-corrected chi connectivity index (χ4v) is 1.35. The van der Waals surface area contributed by atoms with Gasteiger partial charge in [0.1, 0.15) is 5.69 Å². The van der Waals surface area contributed by atoms with E-state index in [1.165, 1.54) is 6.07 Å². The van der Waals surface area contributed by atoms with E-state index in [0.29, 0.717) is 5.69 Å². The van der Waals surface area contributed by atoms with Gasteiger partial charge < -0.3 is 9.63 Å². The molecule has 0 bridgehead atoms. The van der Waals surface area contributed by atoms with Crippen LogP contribution < -0.4 is 0 Å². The number of aromatic carboxylic acids is 1. The van der Waals surface area contributed by atoms with E-state index in [9.17, 15) is 4.79 Å². The SMILES string of the molecule is Cc1cc(-c2cc(C(=O)O)on2)n(C)n1. The summed E-state index contributed by atoms with van der Waals surface area (Å²) in [6, 6.07) is 3.18. The highest BCUT2D eigenvalue weighted by Gasteiger charge is 2.14. The van der Waals surface area contributed by atoms with Gasteiger partial charge in [-0.3, -0.25) is 4.68 Å². The summed E-state index contributed by atoms with van der Waals surface area (Å²) in [4.78, 5) is 10.6. The van der Waals surface area contributed by atoms with Crippen LogP contribution >= 0.6 is 0 Å². The summed E-state index contributed by atoms with van der Waals surface area (Å²) in [5.41, 5.74) is 2.03. The van der Waals surface area contributed by atoms with E-state index in [4.69, 9.17) is 5.11 Å². The fraction of sp³-hybridized carbons (Fsp3) is 0.222. The van der Waals surface area contributed by atoms with E-state index in [-0.39, 0.29) is 5.76 Å². The zero-order valence-electron chi connectivity index (χ0n) is 8.26. The maximum atomic E-state index is 10.6. The minimum absolute atomic E-state index is 0.177. The molecule has 2 heterocycles. The third-order valence-electron chi connectivity index (χ3n) is 1.99. The molecule has 0 atom stereocenters. The Hall–Kier alpha value is -2.11. The van der Waals surface area contributed by atoms with Gasteiger partial charge in [-0.2, -0.15) is 5.10 Å². The minimum Gasteiger partial charge on any atom is -0.475 e. The lowest BCUT2D eigenvalue weighted by Crippen LogP contribution is -1.94. The molecule has 1 N–H and O–H groups in total. The zero-order valence-corrected chi connectivity index (χ0v) is 8.26.